The molecule has 3 atom stereocenters. The van der Waals surface area contributed by atoms with Crippen molar-refractivity contribution in [3.05, 3.63) is 29.3 Å². The molecule has 106 valence electrons. The van der Waals surface area contributed by atoms with Gasteiger partial charge in [-0.3, -0.25) is 0 Å². The normalized spacial score (nSPS) is 26.0. The van der Waals surface area contributed by atoms with Crippen LogP contribution >= 0.6 is 0 Å². The van der Waals surface area contributed by atoms with Crippen LogP contribution in [0.5, 0.6) is 5.75 Å². The molecule has 0 aliphatic heterocycles. The van der Waals surface area contributed by atoms with Crippen LogP contribution in [0, 0.1) is 13.8 Å². The average Bonchev–Trinajstić information content (AvgIpc) is 2.39. The van der Waals surface area contributed by atoms with Crippen molar-refractivity contribution in [1.29, 1.82) is 0 Å². The summed E-state index contributed by atoms with van der Waals surface area (Å²) in [5.41, 5.74) is 2.50. The molecule has 3 nitrogen and oxygen atoms in total. The predicted octanol–water partition coefficient (Wildman–Crippen LogP) is 2.84. The maximum Gasteiger partial charge on any atom is 0.128 e. The second kappa shape index (κ2) is 6.40. The number of benzene rings is 1. The molecule has 1 N–H and O–H groups in total. The van der Waals surface area contributed by atoms with E-state index >= 15 is 0 Å². The third-order valence-corrected chi connectivity index (χ3v) is 3.97. The molecule has 1 aliphatic carbocycles. The van der Waals surface area contributed by atoms with Crippen molar-refractivity contribution in [2.45, 2.75) is 51.9 Å². The van der Waals surface area contributed by atoms with Crippen LogP contribution in [0.25, 0.3) is 0 Å². The minimum atomic E-state index is 0.171. The highest BCUT2D eigenvalue weighted by Gasteiger charge is 2.43. The number of nitrogens with one attached hydrogen (secondary N) is 1. The minimum absolute atomic E-state index is 0.171. The number of hydrogen-bond acceptors (Lipinski definition) is 3. The first-order valence-electron chi connectivity index (χ1n) is 7.19. The smallest absolute Gasteiger partial charge is 0.128 e. The Kier molecular flexibility index (Phi) is 4.83. The first-order valence-corrected chi connectivity index (χ1v) is 7.19. The van der Waals surface area contributed by atoms with Crippen LogP contribution in [0.1, 0.15) is 30.9 Å². The lowest BCUT2D eigenvalue weighted by Gasteiger charge is -2.44. The van der Waals surface area contributed by atoms with E-state index in [9.17, 15) is 0 Å². The zero-order valence-electron chi connectivity index (χ0n) is 12.4. The topological polar surface area (TPSA) is 30.5 Å². The molecule has 2 rings (SSSR count). The van der Waals surface area contributed by atoms with E-state index in [1.807, 2.05) is 19.2 Å². The summed E-state index contributed by atoms with van der Waals surface area (Å²) in [5, 5.41) is 3.30. The fraction of sp³-hybridized carbons (Fsp3) is 0.625. The van der Waals surface area contributed by atoms with Gasteiger partial charge in [-0.15, -0.1) is 0 Å². The van der Waals surface area contributed by atoms with Crippen LogP contribution in [-0.2, 0) is 4.74 Å². The number of aryl methyl sites for hydroxylation is 1. The summed E-state index contributed by atoms with van der Waals surface area (Å²) in [6, 6.07) is 6.63. The molecular weight excluding hydrogens is 238 g/mol. The van der Waals surface area contributed by atoms with E-state index in [1.165, 1.54) is 11.1 Å². The van der Waals surface area contributed by atoms with Gasteiger partial charge in [-0.25, -0.2) is 0 Å². The van der Waals surface area contributed by atoms with E-state index in [1.54, 1.807) is 0 Å². The largest absolute Gasteiger partial charge is 0.487 e. The number of likely N-dealkylation sites (N-methyl/N-ethyl adjacent to an activating group) is 1. The minimum Gasteiger partial charge on any atom is -0.487 e. The summed E-state index contributed by atoms with van der Waals surface area (Å²) in [6.45, 7) is 7.16. The number of hydrogen-bond donors (Lipinski definition) is 1. The SMILES string of the molecule is CCCOC1C(NC)CC1Oc1cccc(C)c1C. The highest BCUT2D eigenvalue weighted by molar-refractivity contribution is 5.38. The molecule has 3 unspecified atom stereocenters. The monoisotopic (exact) mass is 263 g/mol. The van der Waals surface area contributed by atoms with E-state index in [2.05, 4.69) is 32.2 Å². The molecule has 19 heavy (non-hydrogen) atoms. The molecule has 0 saturated heterocycles. The van der Waals surface area contributed by atoms with E-state index in [0.29, 0.717) is 6.04 Å². The Morgan fingerprint density at radius 2 is 2.11 bits per heavy atom. The second-order valence-corrected chi connectivity index (χ2v) is 5.32. The van der Waals surface area contributed by atoms with Crippen molar-refractivity contribution in [2.24, 2.45) is 0 Å². The molecule has 0 bridgehead atoms. The predicted molar refractivity (Wildman–Crippen MR) is 77.8 cm³/mol. The van der Waals surface area contributed by atoms with Gasteiger partial charge in [-0.05, 0) is 44.5 Å². The third kappa shape index (κ3) is 3.10. The quantitative estimate of drug-likeness (QED) is 0.856. The standard InChI is InChI=1S/C16H25NO2/c1-5-9-18-16-13(17-4)10-15(16)19-14-8-6-7-11(2)12(14)3/h6-8,13,15-17H,5,9-10H2,1-4H3. The van der Waals surface area contributed by atoms with Crippen LogP contribution in [0.4, 0.5) is 0 Å². The third-order valence-electron chi connectivity index (χ3n) is 3.97. The fourth-order valence-corrected chi connectivity index (χ4v) is 2.47. The highest BCUT2D eigenvalue weighted by Crippen LogP contribution is 2.31. The van der Waals surface area contributed by atoms with Crippen LogP contribution in [0.2, 0.25) is 0 Å². The second-order valence-electron chi connectivity index (χ2n) is 5.32. The summed E-state index contributed by atoms with van der Waals surface area (Å²) in [6.07, 6.45) is 2.40. The molecule has 0 heterocycles. The summed E-state index contributed by atoms with van der Waals surface area (Å²) in [5.74, 6) is 0.990. The van der Waals surface area contributed by atoms with Gasteiger partial charge in [0.1, 0.15) is 18.0 Å². The molecule has 1 aliphatic rings. The Balaban J connectivity index is 2.00. The Morgan fingerprint density at radius 1 is 1.32 bits per heavy atom. The molecular formula is C16H25NO2. The lowest BCUT2D eigenvalue weighted by Crippen LogP contribution is -2.60. The van der Waals surface area contributed by atoms with E-state index in [-0.39, 0.29) is 12.2 Å². The van der Waals surface area contributed by atoms with Gasteiger partial charge in [0.15, 0.2) is 0 Å². The first-order chi connectivity index (χ1) is 9.17. The molecule has 0 spiro atoms. The van der Waals surface area contributed by atoms with Gasteiger partial charge >= 0.3 is 0 Å². The Morgan fingerprint density at radius 3 is 2.79 bits per heavy atom. The van der Waals surface area contributed by atoms with Crippen molar-refractivity contribution in [2.75, 3.05) is 13.7 Å². The summed E-state index contributed by atoms with van der Waals surface area (Å²) < 4.78 is 12.0. The Labute approximate surface area is 116 Å². The molecule has 1 aromatic carbocycles. The van der Waals surface area contributed by atoms with Crippen molar-refractivity contribution in [1.82, 2.24) is 5.32 Å². The number of rotatable bonds is 6. The summed E-state index contributed by atoms with van der Waals surface area (Å²) >= 11 is 0. The molecule has 0 aromatic heterocycles. The Hall–Kier alpha value is -1.06. The average molecular weight is 263 g/mol. The molecule has 1 fully saturated rings. The van der Waals surface area contributed by atoms with Crippen LogP contribution in [0.15, 0.2) is 18.2 Å². The van der Waals surface area contributed by atoms with Gasteiger partial charge in [-0.2, -0.15) is 0 Å². The summed E-state index contributed by atoms with van der Waals surface area (Å²) in [7, 11) is 1.99. The van der Waals surface area contributed by atoms with Crippen LogP contribution in [-0.4, -0.2) is 31.9 Å². The number of ether oxygens (including phenoxy) is 2. The summed E-state index contributed by atoms with van der Waals surface area (Å²) in [4.78, 5) is 0. The maximum absolute atomic E-state index is 6.14. The van der Waals surface area contributed by atoms with E-state index in [0.717, 1.165) is 25.2 Å². The zero-order valence-corrected chi connectivity index (χ0v) is 12.4. The fourth-order valence-electron chi connectivity index (χ4n) is 2.47. The van der Waals surface area contributed by atoms with Gasteiger partial charge < -0.3 is 14.8 Å². The zero-order chi connectivity index (χ0) is 13.8. The van der Waals surface area contributed by atoms with Gasteiger partial charge in [0, 0.05) is 19.1 Å². The van der Waals surface area contributed by atoms with Gasteiger partial charge in [-0.1, -0.05) is 19.1 Å². The highest BCUT2D eigenvalue weighted by atomic mass is 16.5. The van der Waals surface area contributed by atoms with Crippen LogP contribution < -0.4 is 10.1 Å². The molecule has 0 radical (unpaired) electrons. The van der Waals surface area contributed by atoms with Crippen LogP contribution in [0.3, 0.4) is 0 Å². The van der Waals surface area contributed by atoms with Gasteiger partial charge in [0.05, 0.1) is 0 Å². The van der Waals surface area contributed by atoms with E-state index in [4.69, 9.17) is 9.47 Å². The molecule has 3 heteroatoms. The van der Waals surface area contributed by atoms with Gasteiger partial charge in [0.25, 0.3) is 0 Å². The maximum atomic E-state index is 6.14. The van der Waals surface area contributed by atoms with Crippen molar-refractivity contribution >= 4 is 0 Å². The first kappa shape index (κ1) is 14.4. The Bertz CT molecular complexity index is 419. The molecule has 0 amide bonds. The van der Waals surface area contributed by atoms with Crippen molar-refractivity contribution in [3.8, 4) is 5.75 Å². The molecule has 1 saturated carbocycles. The van der Waals surface area contributed by atoms with Crippen molar-refractivity contribution in [3.63, 3.8) is 0 Å². The lowest BCUT2D eigenvalue weighted by molar-refractivity contribution is -0.106. The molecule has 1 aromatic rings. The van der Waals surface area contributed by atoms with Gasteiger partial charge in [0.2, 0.25) is 0 Å². The lowest BCUT2D eigenvalue weighted by atomic mass is 9.85. The van der Waals surface area contributed by atoms with Crippen molar-refractivity contribution < 1.29 is 9.47 Å². The van der Waals surface area contributed by atoms with E-state index < -0.39 is 0 Å².